The number of carbonyl (C=O) groups is 1. The van der Waals surface area contributed by atoms with Crippen molar-refractivity contribution in [3.8, 4) is 0 Å². The van der Waals surface area contributed by atoms with Gasteiger partial charge in [0, 0.05) is 27.3 Å². The van der Waals surface area contributed by atoms with Crippen molar-refractivity contribution in [2.24, 2.45) is 0 Å². The summed E-state index contributed by atoms with van der Waals surface area (Å²) in [5.74, 6) is -0.365. The van der Waals surface area contributed by atoms with Crippen molar-refractivity contribution in [1.82, 2.24) is 0 Å². The van der Waals surface area contributed by atoms with E-state index in [1.807, 2.05) is 6.07 Å². The van der Waals surface area contributed by atoms with Gasteiger partial charge in [0.2, 0.25) is 0 Å². The molecule has 0 radical (unpaired) electrons. The third kappa shape index (κ3) is 5.24. The number of methoxy groups -OCH3 is 2. The monoisotopic (exact) mass is 296 g/mol. The predicted molar refractivity (Wildman–Crippen MR) is 82.8 cm³/mol. The minimum absolute atomic E-state index is 0.342. The standard InChI is InChI=1S/C15H24N2O4/c1-4-21-15(18)12-5-6-14(13(16)11-12)17(7-9-19-2)8-10-20-3/h5-6,11H,4,7-10,16H2,1-3H3. The second kappa shape index (κ2) is 9.20. The van der Waals surface area contributed by atoms with Gasteiger partial charge in [-0.1, -0.05) is 0 Å². The Balaban J connectivity index is 2.89. The molecule has 0 heterocycles. The van der Waals surface area contributed by atoms with E-state index in [1.54, 1.807) is 33.3 Å². The molecule has 21 heavy (non-hydrogen) atoms. The molecule has 1 rings (SSSR count). The molecule has 0 aliphatic rings. The average molecular weight is 296 g/mol. The van der Waals surface area contributed by atoms with E-state index in [0.717, 1.165) is 5.69 Å². The van der Waals surface area contributed by atoms with Gasteiger partial charge in [0.15, 0.2) is 0 Å². The highest BCUT2D eigenvalue weighted by Crippen LogP contribution is 2.24. The quantitative estimate of drug-likeness (QED) is 0.550. The zero-order valence-electron chi connectivity index (χ0n) is 12.9. The Hall–Kier alpha value is -1.79. The summed E-state index contributed by atoms with van der Waals surface area (Å²) in [6, 6.07) is 5.18. The average Bonchev–Trinajstić information content (AvgIpc) is 2.48. The van der Waals surface area contributed by atoms with Gasteiger partial charge in [-0.25, -0.2) is 4.79 Å². The Morgan fingerprint density at radius 3 is 2.29 bits per heavy atom. The van der Waals surface area contributed by atoms with Gasteiger partial charge >= 0.3 is 5.97 Å². The Labute approximate surface area is 125 Å². The Kier molecular flexibility index (Phi) is 7.56. The third-order valence-electron chi connectivity index (χ3n) is 3.01. The molecule has 6 nitrogen and oxygen atoms in total. The molecule has 0 atom stereocenters. The van der Waals surface area contributed by atoms with Crippen molar-refractivity contribution in [3.63, 3.8) is 0 Å². The zero-order chi connectivity index (χ0) is 15.7. The summed E-state index contributed by atoms with van der Waals surface area (Å²) >= 11 is 0. The molecular weight excluding hydrogens is 272 g/mol. The lowest BCUT2D eigenvalue weighted by Crippen LogP contribution is -2.31. The summed E-state index contributed by atoms with van der Waals surface area (Å²) in [5, 5.41) is 0. The van der Waals surface area contributed by atoms with Crippen molar-refractivity contribution in [2.75, 3.05) is 57.8 Å². The minimum atomic E-state index is -0.365. The summed E-state index contributed by atoms with van der Waals surface area (Å²) in [7, 11) is 3.31. The number of hydrogen-bond acceptors (Lipinski definition) is 6. The van der Waals surface area contributed by atoms with E-state index < -0.39 is 0 Å². The topological polar surface area (TPSA) is 74.0 Å². The SMILES string of the molecule is CCOC(=O)c1ccc(N(CCOC)CCOC)c(N)c1. The molecule has 0 bridgehead atoms. The normalized spacial score (nSPS) is 10.4. The molecule has 0 aliphatic carbocycles. The summed E-state index contributed by atoms with van der Waals surface area (Å²) in [6.45, 7) is 4.68. The number of ether oxygens (including phenoxy) is 3. The fourth-order valence-electron chi connectivity index (χ4n) is 1.94. The van der Waals surface area contributed by atoms with Crippen LogP contribution in [0.4, 0.5) is 11.4 Å². The van der Waals surface area contributed by atoms with Crippen LogP contribution in [-0.2, 0) is 14.2 Å². The van der Waals surface area contributed by atoms with Gasteiger partial charge in [-0.05, 0) is 25.1 Å². The van der Waals surface area contributed by atoms with Gasteiger partial charge < -0.3 is 24.8 Å². The molecule has 0 saturated heterocycles. The lowest BCUT2D eigenvalue weighted by atomic mass is 10.1. The second-order valence-corrected chi connectivity index (χ2v) is 4.47. The smallest absolute Gasteiger partial charge is 0.338 e. The van der Waals surface area contributed by atoms with Crippen LogP contribution < -0.4 is 10.6 Å². The molecular formula is C15H24N2O4. The zero-order valence-corrected chi connectivity index (χ0v) is 12.9. The van der Waals surface area contributed by atoms with Gasteiger partial charge in [-0.15, -0.1) is 0 Å². The molecule has 118 valence electrons. The molecule has 0 spiro atoms. The number of nitrogens with two attached hydrogens (primary N) is 1. The van der Waals surface area contributed by atoms with Crippen LogP contribution in [0, 0.1) is 0 Å². The van der Waals surface area contributed by atoms with Gasteiger partial charge in [0.05, 0.1) is 36.8 Å². The fourth-order valence-corrected chi connectivity index (χ4v) is 1.94. The summed E-state index contributed by atoms with van der Waals surface area (Å²) < 4.78 is 15.2. The van der Waals surface area contributed by atoms with Crippen molar-refractivity contribution in [1.29, 1.82) is 0 Å². The highest BCUT2D eigenvalue weighted by molar-refractivity contribution is 5.92. The number of hydrogen-bond donors (Lipinski definition) is 1. The molecule has 2 N–H and O–H groups in total. The number of nitrogen functional groups attached to an aromatic ring is 1. The summed E-state index contributed by atoms with van der Waals surface area (Å²) in [6.07, 6.45) is 0. The van der Waals surface area contributed by atoms with E-state index in [0.29, 0.717) is 44.2 Å². The van der Waals surface area contributed by atoms with E-state index in [-0.39, 0.29) is 5.97 Å². The van der Waals surface area contributed by atoms with E-state index in [9.17, 15) is 4.79 Å². The Morgan fingerprint density at radius 2 is 1.81 bits per heavy atom. The summed E-state index contributed by atoms with van der Waals surface area (Å²) in [4.78, 5) is 13.8. The van der Waals surface area contributed by atoms with Crippen molar-refractivity contribution in [2.45, 2.75) is 6.92 Å². The minimum Gasteiger partial charge on any atom is -0.462 e. The van der Waals surface area contributed by atoms with Crippen LogP contribution in [0.2, 0.25) is 0 Å². The number of esters is 1. The number of benzene rings is 1. The molecule has 0 aromatic heterocycles. The molecule has 0 fully saturated rings. The molecule has 0 amide bonds. The maximum atomic E-state index is 11.7. The lowest BCUT2D eigenvalue weighted by Gasteiger charge is -2.25. The molecule has 0 saturated carbocycles. The number of rotatable bonds is 9. The van der Waals surface area contributed by atoms with Crippen LogP contribution in [0.25, 0.3) is 0 Å². The van der Waals surface area contributed by atoms with Crippen LogP contribution in [0.15, 0.2) is 18.2 Å². The number of carbonyl (C=O) groups excluding carboxylic acids is 1. The second-order valence-electron chi connectivity index (χ2n) is 4.47. The van der Waals surface area contributed by atoms with Crippen LogP contribution >= 0.6 is 0 Å². The van der Waals surface area contributed by atoms with E-state index in [2.05, 4.69) is 4.90 Å². The molecule has 0 aliphatic heterocycles. The predicted octanol–water partition coefficient (Wildman–Crippen LogP) is 1.54. The van der Waals surface area contributed by atoms with E-state index >= 15 is 0 Å². The van der Waals surface area contributed by atoms with Crippen LogP contribution in [0.5, 0.6) is 0 Å². The van der Waals surface area contributed by atoms with Crippen molar-refractivity contribution < 1.29 is 19.0 Å². The Morgan fingerprint density at radius 1 is 1.19 bits per heavy atom. The van der Waals surface area contributed by atoms with Crippen molar-refractivity contribution in [3.05, 3.63) is 23.8 Å². The van der Waals surface area contributed by atoms with Crippen LogP contribution in [0.3, 0.4) is 0 Å². The number of anilines is 2. The van der Waals surface area contributed by atoms with Crippen LogP contribution in [0.1, 0.15) is 17.3 Å². The maximum Gasteiger partial charge on any atom is 0.338 e. The molecule has 0 unspecified atom stereocenters. The summed E-state index contributed by atoms with van der Waals surface area (Å²) in [5.41, 5.74) is 7.92. The first-order valence-electron chi connectivity index (χ1n) is 6.93. The van der Waals surface area contributed by atoms with Gasteiger partial charge in [-0.3, -0.25) is 0 Å². The van der Waals surface area contributed by atoms with E-state index in [1.165, 1.54) is 0 Å². The first kappa shape index (κ1) is 17.3. The first-order valence-corrected chi connectivity index (χ1v) is 6.93. The Bertz CT molecular complexity index is 443. The highest BCUT2D eigenvalue weighted by Gasteiger charge is 2.13. The van der Waals surface area contributed by atoms with Crippen molar-refractivity contribution >= 4 is 17.3 Å². The van der Waals surface area contributed by atoms with Gasteiger partial charge in [0.25, 0.3) is 0 Å². The first-order chi connectivity index (χ1) is 10.1. The van der Waals surface area contributed by atoms with Gasteiger partial charge in [0.1, 0.15) is 0 Å². The highest BCUT2D eigenvalue weighted by atomic mass is 16.5. The van der Waals surface area contributed by atoms with E-state index in [4.69, 9.17) is 19.9 Å². The fraction of sp³-hybridized carbons (Fsp3) is 0.533. The maximum absolute atomic E-state index is 11.7. The molecule has 6 heteroatoms. The van der Waals surface area contributed by atoms with Crippen LogP contribution in [-0.4, -0.2) is 53.1 Å². The lowest BCUT2D eigenvalue weighted by molar-refractivity contribution is 0.0526. The van der Waals surface area contributed by atoms with Gasteiger partial charge in [-0.2, -0.15) is 0 Å². The molecule has 1 aromatic rings. The number of nitrogens with zero attached hydrogens (tertiary/aromatic N) is 1. The third-order valence-corrected chi connectivity index (χ3v) is 3.01. The largest absolute Gasteiger partial charge is 0.462 e. The molecule has 1 aromatic carbocycles.